The third-order valence-corrected chi connectivity index (χ3v) is 7.68. The van der Waals surface area contributed by atoms with Crippen LogP contribution >= 0.6 is 22.7 Å². The maximum atomic E-state index is 14.0. The van der Waals surface area contributed by atoms with Crippen LogP contribution in [0, 0.1) is 6.92 Å². The standard InChI is InChI=1S/C25H19F3N2S2/c1-15-20(29-23(31-15)16-9-4-2-5-10-16)18-13-8-14-19(18)21-22(25(26,27)28)32-24(30-21)17-11-6-3-7-12-17/h2-7,9-12H,8,13-14H2,1H3. The molecule has 0 bridgehead atoms. The molecule has 1 aliphatic carbocycles. The minimum absolute atomic E-state index is 0.0718. The molecule has 2 heterocycles. The van der Waals surface area contributed by atoms with E-state index in [4.69, 9.17) is 4.98 Å². The number of allylic oxidation sites excluding steroid dienone is 2. The molecule has 2 aromatic heterocycles. The number of hydrogen-bond donors (Lipinski definition) is 0. The Labute approximate surface area is 192 Å². The van der Waals surface area contributed by atoms with Gasteiger partial charge in [-0.05, 0) is 37.3 Å². The molecular weight excluding hydrogens is 449 g/mol. The van der Waals surface area contributed by atoms with Gasteiger partial charge in [0.15, 0.2) is 0 Å². The lowest BCUT2D eigenvalue weighted by Crippen LogP contribution is -2.06. The lowest BCUT2D eigenvalue weighted by Gasteiger charge is -2.09. The SMILES string of the molecule is Cc1sc(-c2ccccc2)nc1C1=C(c2nc(-c3ccccc3)sc2C(F)(F)F)CCC1. The number of thiazole rings is 2. The number of aryl methyl sites for hydroxylation is 1. The van der Waals surface area contributed by atoms with E-state index < -0.39 is 11.1 Å². The van der Waals surface area contributed by atoms with Crippen molar-refractivity contribution in [3.05, 3.63) is 81.8 Å². The van der Waals surface area contributed by atoms with E-state index in [-0.39, 0.29) is 5.69 Å². The number of aromatic nitrogens is 2. The molecule has 0 aliphatic heterocycles. The normalized spacial score (nSPS) is 14.4. The summed E-state index contributed by atoms with van der Waals surface area (Å²) < 4.78 is 42.0. The fraction of sp³-hybridized carbons (Fsp3) is 0.200. The van der Waals surface area contributed by atoms with E-state index in [1.807, 2.05) is 55.5 Å². The number of hydrogen-bond acceptors (Lipinski definition) is 4. The summed E-state index contributed by atoms with van der Waals surface area (Å²) in [4.78, 5) is 9.76. The van der Waals surface area contributed by atoms with Crippen LogP contribution in [-0.2, 0) is 6.18 Å². The second kappa shape index (κ2) is 8.30. The first-order chi connectivity index (χ1) is 15.4. The van der Waals surface area contributed by atoms with Crippen molar-refractivity contribution in [2.45, 2.75) is 32.4 Å². The van der Waals surface area contributed by atoms with Crippen LogP contribution in [0.25, 0.3) is 32.3 Å². The highest BCUT2D eigenvalue weighted by Crippen LogP contribution is 2.48. The lowest BCUT2D eigenvalue weighted by atomic mass is 10.0. The fourth-order valence-corrected chi connectivity index (χ4v) is 5.98. The number of alkyl halides is 3. The highest BCUT2D eigenvalue weighted by atomic mass is 32.1. The van der Waals surface area contributed by atoms with Crippen molar-refractivity contribution in [3.63, 3.8) is 0 Å². The molecule has 0 spiro atoms. The molecule has 4 aromatic rings. The van der Waals surface area contributed by atoms with Gasteiger partial charge >= 0.3 is 6.18 Å². The zero-order chi connectivity index (χ0) is 22.3. The summed E-state index contributed by atoms with van der Waals surface area (Å²) >= 11 is 2.30. The Morgan fingerprint density at radius 1 is 0.719 bits per heavy atom. The lowest BCUT2D eigenvalue weighted by molar-refractivity contribution is -0.134. The van der Waals surface area contributed by atoms with E-state index in [1.54, 1.807) is 23.5 Å². The minimum Gasteiger partial charge on any atom is -0.236 e. The van der Waals surface area contributed by atoms with Gasteiger partial charge in [0.1, 0.15) is 14.9 Å². The van der Waals surface area contributed by atoms with Crippen molar-refractivity contribution >= 4 is 33.8 Å². The summed E-state index contributed by atoms with van der Waals surface area (Å²) in [5.74, 6) is 0. The summed E-state index contributed by atoms with van der Waals surface area (Å²) in [5, 5.41) is 1.28. The Hall–Kier alpha value is -2.77. The molecule has 7 heteroatoms. The third kappa shape index (κ3) is 3.91. The maximum absolute atomic E-state index is 14.0. The van der Waals surface area contributed by atoms with Crippen molar-refractivity contribution in [1.29, 1.82) is 0 Å². The molecule has 5 rings (SSSR count). The van der Waals surface area contributed by atoms with Gasteiger partial charge in [0.2, 0.25) is 0 Å². The first-order valence-corrected chi connectivity index (χ1v) is 11.9. The fourth-order valence-electron chi connectivity index (χ4n) is 4.07. The Balaban J connectivity index is 1.65. The molecule has 0 atom stereocenters. The van der Waals surface area contributed by atoms with Crippen LogP contribution in [-0.4, -0.2) is 9.97 Å². The number of benzene rings is 2. The Morgan fingerprint density at radius 2 is 1.22 bits per heavy atom. The Morgan fingerprint density at radius 3 is 1.78 bits per heavy atom. The van der Waals surface area contributed by atoms with Gasteiger partial charge in [0.25, 0.3) is 0 Å². The van der Waals surface area contributed by atoms with Crippen LogP contribution in [0.2, 0.25) is 0 Å². The number of rotatable bonds is 4. The molecule has 0 amide bonds. The minimum atomic E-state index is -4.45. The van der Waals surface area contributed by atoms with Crippen LogP contribution in [0.3, 0.4) is 0 Å². The van der Waals surface area contributed by atoms with E-state index in [0.29, 0.717) is 29.0 Å². The molecule has 0 radical (unpaired) electrons. The highest BCUT2D eigenvalue weighted by Gasteiger charge is 2.39. The van der Waals surface area contributed by atoms with Gasteiger partial charge in [-0.15, -0.1) is 22.7 Å². The van der Waals surface area contributed by atoms with E-state index >= 15 is 0 Å². The zero-order valence-corrected chi connectivity index (χ0v) is 18.9. The monoisotopic (exact) mass is 468 g/mol. The van der Waals surface area contributed by atoms with Crippen LogP contribution in [0.4, 0.5) is 13.2 Å². The molecule has 0 N–H and O–H groups in total. The van der Waals surface area contributed by atoms with Crippen LogP contribution in [0.1, 0.15) is 40.4 Å². The van der Waals surface area contributed by atoms with Gasteiger partial charge in [0, 0.05) is 16.0 Å². The number of halogens is 3. The second-order valence-corrected chi connectivity index (χ2v) is 9.86. The predicted octanol–water partition coefficient (Wildman–Crippen LogP) is 8.36. The van der Waals surface area contributed by atoms with Crippen molar-refractivity contribution in [3.8, 4) is 21.1 Å². The molecule has 1 aliphatic rings. The molecule has 2 nitrogen and oxygen atoms in total. The smallest absolute Gasteiger partial charge is 0.236 e. The van der Waals surface area contributed by atoms with Crippen molar-refractivity contribution < 1.29 is 13.2 Å². The van der Waals surface area contributed by atoms with Crippen molar-refractivity contribution in [1.82, 2.24) is 9.97 Å². The van der Waals surface area contributed by atoms with E-state index in [9.17, 15) is 13.2 Å². The first kappa shape index (κ1) is 21.1. The summed E-state index contributed by atoms with van der Waals surface area (Å²) in [7, 11) is 0. The van der Waals surface area contributed by atoms with Crippen LogP contribution in [0.15, 0.2) is 60.7 Å². The van der Waals surface area contributed by atoms with Gasteiger partial charge in [-0.1, -0.05) is 60.7 Å². The average Bonchev–Trinajstić information content (AvgIpc) is 3.52. The van der Waals surface area contributed by atoms with Gasteiger partial charge in [-0.25, -0.2) is 9.97 Å². The molecule has 2 aromatic carbocycles. The summed E-state index contributed by atoms with van der Waals surface area (Å²) in [6.07, 6.45) is -2.36. The van der Waals surface area contributed by atoms with Crippen molar-refractivity contribution in [2.75, 3.05) is 0 Å². The topological polar surface area (TPSA) is 25.8 Å². The predicted molar refractivity (Wildman–Crippen MR) is 126 cm³/mol. The van der Waals surface area contributed by atoms with Gasteiger partial charge in [-0.3, -0.25) is 0 Å². The van der Waals surface area contributed by atoms with Gasteiger partial charge in [0.05, 0.1) is 11.4 Å². The molecule has 162 valence electrons. The van der Waals surface area contributed by atoms with E-state index in [2.05, 4.69) is 4.98 Å². The number of nitrogens with zero attached hydrogens (tertiary/aromatic N) is 2. The summed E-state index contributed by atoms with van der Waals surface area (Å²) in [5.41, 5.74) is 4.18. The molecule has 0 saturated carbocycles. The summed E-state index contributed by atoms with van der Waals surface area (Å²) in [6.45, 7) is 1.99. The van der Waals surface area contributed by atoms with Gasteiger partial charge in [-0.2, -0.15) is 13.2 Å². The largest absolute Gasteiger partial charge is 0.427 e. The van der Waals surface area contributed by atoms with Crippen molar-refractivity contribution in [2.24, 2.45) is 0 Å². The van der Waals surface area contributed by atoms with E-state index in [0.717, 1.165) is 44.5 Å². The quantitative estimate of drug-likeness (QED) is 0.301. The first-order valence-electron chi connectivity index (χ1n) is 10.3. The van der Waals surface area contributed by atoms with Crippen LogP contribution in [0.5, 0.6) is 0 Å². The Bertz CT molecular complexity index is 1290. The molecule has 0 unspecified atom stereocenters. The van der Waals surface area contributed by atoms with Gasteiger partial charge < -0.3 is 0 Å². The molecule has 0 saturated heterocycles. The second-order valence-electron chi connectivity index (χ2n) is 7.66. The van der Waals surface area contributed by atoms with E-state index in [1.165, 1.54) is 0 Å². The van der Waals surface area contributed by atoms with Crippen LogP contribution < -0.4 is 0 Å². The average molecular weight is 469 g/mol. The Kier molecular flexibility index (Phi) is 5.47. The molecule has 0 fully saturated rings. The zero-order valence-electron chi connectivity index (χ0n) is 17.2. The molecule has 32 heavy (non-hydrogen) atoms. The molecular formula is C25H19F3N2S2. The maximum Gasteiger partial charge on any atom is 0.427 e. The highest BCUT2D eigenvalue weighted by molar-refractivity contribution is 7.15. The summed E-state index contributed by atoms with van der Waals surface area (Å²) in [6, 6.07) is 18.9. The third-order valence-electron chi connectivity index (χ3n) is 5.51.